The zero-order valence-electron chi connectivity index (χ0n) is 5.47. The summed E-state index contributed by atoms with van der Waals surface area (Å²) in [4.78, 5) is 0. The van der Waals surface area contributed by atoms with Gasteiger partial charge in [0.2, 0.25) is 0 Å². The normalized spacial score (nSPS) is 7.45. The van der Waals surface area contributed by atoms with Gasteiger partial charge in [-0.15, -0.1) is 0 Å². The minimum Gasteiger partial charge on any atom is -0.248 e. The SMILES string of the molecule is Brc1ccccc1Br.N=C=S. The number of nitrogens with one attached hydrogen (secondary N) is 1. The third kappa shape index (κ3) is 5.27. The standard InChI is InChI=1S/C6H4Br2.CHNS/c7-5-3-1-2-4-6(5)8;2-1-3/h1-4H;2H. The third-order valence-corrected chi connectivity index (χ3v) is 2.74. The molecule has 0 spiro atoms. The highest BCUT2D eigenvalue weighted by Gasteiger charge is 1.88. The van der Waals surface area contributed by atoms with Gasteiger partial charge in [-0.25, -0.2) is 5.41 Å². The Bertz CT molecular complexity index is 235. The molecule has 0 amide bonds. The summed E-state index contributed by atoms with van der Waals surface area (Å²) in [6.45, 7) is 0. The Morgan fingerprint density at radius 3 is 1.64 bits per heavy atom. The van der Waals surface area contributed by atoms with E-state index in [9.17, 15) is 0 Å². The molecule has 0 bridgehead atoms. The molecule has 1 aromatic rings. The Kier molecular flexibility index (Phi) is 6.66. The molecule has 0 unspecified atom stereocenters. The van der Waals surface area contributed by atoms with E-state index in [2.05, 4.69) is 44.1 Å². The molecule has 0 saturated carbocycles. The maximum absolute atomic E-state index is 5.77. The molecule has 58 valence electrons. The van der Waals surface area contributed by atoms with E-state index in [0.29, 0.717) is 0 Å². The van der Waals surface area contributed by atoms with Crippen LogP contribution in [0.15, 0.2) is 33.2 Å². The van der Waals surface area contributed by atoms with Crippen LogP contribution in [0.3, 0.4) is 0 Å². The lowest BCUT2D eigenvalue weighted by Crippen LogP contribution is -1.63. The Labute approximate surface area is 87.6 Å². The van der Waals surface area contributed by atoms with Crippen molar-refractivity contribution in [1.82, 2.24) is 0 Å². The Hall–Kier alpha value is -0.0200. The van der Waals surface area contributed by atoms with Gasteiger partial charge >= 0.3 is 0 Å². The summed E-state index contributed by atoms with van der Waals surface area (Å²) in [5.41, 5.74) is 0. The van der Waals surface area contributed by atoms with Gasteiger partial charge in [0.15, 0.2) is 0 Å². The van der Waals surface area contributed by atoms with Crippen LogP contribution in [0.4, 0.5) is 0 Å². The number of thiocarbonyl (C=S) groups is 1. The van der Waals surface area contributed by atoms with E-state index < -0.39 is 0 Å². The second-order valence-corrected chi connectivity index (χ2v) is 3.43. The first-order chi connectivity index (χ1) is 5.22. The van der Waals surface area contributed by atoms with Crippen LogP contribution in [0.5, 0.6) is 0 Å². The van der Waals surface area contributed by atoms with Gasteiger partial charge in [0.05, 0.1) is 5.16 Å². The van der Waals surface area contributed by atoms with Crippen molar-refractivity contribution in [2.45, 2.75) is 0 Å². The molecule has 1 rings (SSSR count). The lowest BCUT2D eigenvalue weighted by atomic mass is 10.4. The van der Waals surface area contributed by atoms with Crippen LogP contribution < -0.4 is 0 Å². The van der Waals surface area contributed by atoms with Crippen molar-refractivity contribution in [3.8, 4) is 0 Å². The minimum absolute atomic E-state index is 1.10. The van der Waals surface area contributed by atoms with Gasteiger partial charge in [0.1, 0.15) is 0 Å². The fraction of sp³-hybridized carbons (Fsp3) is 0. The molecular weight excluding hydrogens is 290 g/mol. The van der Waals surface area contributed by atoms with Gasteiger partial charge in [-0.3, -0.25) is 0 Å². The molecule has 0 radical (unpaired) electrons. The number of rotatable bonds is 0. The quantitative estimate of drug-likeness (QED) is 0.570. The minimum atomic E-state index is 1.10. The summed E-state index contributed by atoms with van der Waals surface area (Å²) in [7, 11) is 0. The maximum atomic E-state index is 5.77. The van der Waals surface area contributed by atoms with Crippen LogP contribution >= 0.6 is 44.1 Å². The average Bonchev–Trinajstić information content (AvgIpc) is 1.97. The van der Waals surface area contributed by atoms with Crippen molar-refractivity contribution in [3.05, 3.63) is 33.2 Å². The molecular formula is C7H5Br2NS. The van der Waals surface area contributed by atoms with E-state index >= 15 is 0 Å². The van der Waals surface area contributed by atoms with Gasteiger partial charge in [-0.2, -0.15) is 0 Å². The zero-order valence-corrected chi connectivity index (χ0v) is 9.46. The summed E-state index contributed by atoms with van der Waals surface area (Å²) in [6, 6.07) is 7.94. The van der Waals surface area contributed by atoms with E-state index in [0.717, 1.165) is 8.95 Å². The molecule has 0 aliphatic heterocycles. The maximum Gasteiger partial charge on any atom is 0.0554 e. The fourth-order valence-electron chi connectivity index (χ4n) is 0.439. The van der Waals surface area contributed by atoms with E-state index in [-0.39, 0.29) is 0 Å². The molecule has 0 atom stereocenters. The van der Waals surface area contributed by atoms with Crippen molar-refractivity contribution in [2.24, 2.45) is 0 Å². The summed E-state index contributed by atoms with van der Waals surface area (Å²) in [6.07, 6.45) is 0. The molecule has 0 aliphatic carbocycles. The van der Waals surface area contributed by atoms with Gasteiger partial charge in [-0.1, -0.05) is 12.1 Å². The molecule has 0 fully saturated rings. The molecule has 0 heterocycles. The van der Waals surface area contributed by atoms with E-state index in [1.165, 1.54) is 0 Å². The van der Waals surface area contributed by atoms with Crippen molar-refractivity contribution in [1.29, 1.82) is 5.41 Å². The van der Waals surface area contributed by atoms with Gasteiger partial charge in [0, 0.05) is 8.95 Å². The number of isothiocyanates is 1. The molecule has 1 nitrogen and oxygen atoms in total. The predicted molar refractivity (Wildman–Crippen MR) is 57.2 cm³/mol. The number of benzene rings is 1. The second-order valence-electron chi connectivity index (χ2n) is 1.52. The smallest absolute Gasteiger partial charge is 0.0554 e. The molecule has 0 aliphatic rings. The molecule has 0 saturated heterocycles. The summed E-state index contributed by atoms with van der Waals surface area (Å²) < 4.78 is 2.19. The van der Waals surface area contributed by atoms with E-state index in [1.54, 1.807) is 5.16 Å². The molecule has 0 aromatic heterocycles. The summed E-state index contributed by atoms with van der Waals surface area (Å²) >= 11 is 10.5. The first-order valence-electron chi connectivity index (χ1n) is 2.66. The monoisotopic (exact) mass is 293 g/mol. The highest BCUT2D eigenvalue weighted by Crippen LogP contribution is 2.20. The zero-order chi connectivity index (χ0) is 8.69. The van der Waals surface area contributed by atoms with Crippen molar-refractivity contribution >= 4 is 49.2 Å². The first kappa shape index (κ1) is 11.0. The second kappa shape index (κ2) is 6.68. The van der Waals surface area contributed by atoms with Crippen LogP contribution in [0, 0.1) is 5.41 Å². The number of halogens is 2. The Balaban J connectivity index is 0.000000292. The molecule has 4 heteroatoms. The number of hydrogen-bond donors (Lipinski definition) is 1. The highest BCUT2D eigenvalue weighted by molar-refractivity contribution is 9.13. The topological polar surface area (TPSA) is 23.9 Å². The van der Waals surface area contributed by atoms with Crippen LogP contribution in [0.2, 0.25) is 0 Å². The van der Waals surface area contributed by atoms with Crippen LogP contribution in [-0.4, -0.2) is 5.16 Å². The van der Waals surface area contributed by atoms with Crippen LogP contribution in [-0.2, 0) is 0 Å². The van der Waals surface area contributed by atoms with Crippen molar-refractivity contribution in [3.63, 3.8) is 0 Å². The van der Waals surface area contributed by atoms with Gasteiger partial charge in [0.25, 0.3) is 0 Å². The first-order valence-corrected chi connectivity index (χ1v) is 4.65. The van der Waals surface area contributed by atoms with Crippen LogP contribution in [0.25, 0.3) is 0 Å². The van der Waals surface area contributed by atoms with E-state index in [1.807, 2.05) is 24.3 Å². The fourth-order valence-corrected chi connectivity index (χ4v) is 1.01. The lowest BCUT2D eigenvalue weighted by Gasteiger charge is -1.89. The van der Waals surface area contributed by atoms with Crippen molar-refractivity contribution in [2.75, 3.05) is 0 Å². The van der Waals surface area contributed by atoms with Crippen molar-refractivity contribution < 1.29 is 0 Å². The summed E-state index contributed by atoms with van der Waals surface area (Å²) in [5, 5.41) is 7.36. The average molecular weight is 295 g/mol. The molecule has 1 N–H and O–H groups in total. The van der Waals surface area contributed by atoms with Gasteiger partial charge in [-0.05, 0) is 56.2 Å². The Morgan fingerprint density at radius 1 is 1.18 bits per heavy atom. The largest absolute Gasteiger partial charge is 0.248 e. The predicted octanol–water partition coefficient (Wildman–Crippen LogP) is 3.88. The lowest BCUT2D eigenvalue weighted by molar-refractivity contribution is 1.59. The van der Waals surface area contributed by atoms with Crippen LogP contribution in [0.1, 0.15) is 0 Å². The van der Waals surface area contributed by atoms with E-state index in [4.69, 9.17) is 5.41 Å². The van der Waals surface area contributed by atoms with Gasteiger partial charge < -0.3 is 0 Å². The highest BCUT2D eigenvalue weighted by atomic mass is 79.9. The number of hydrogen-bond acceptors (Lipinski definition) is 2. The molecule has 11 heavy (non-hydrogen) atoms. The Morgan fingerprint density at radius 2 is 1.45 bits per heavy atom. The molecule has 1 aromatic carbocycles. The summed E-state index contributed by atoms with van der Waals surface area (Å²) in [5.74, 6) is 0. The third-order valence-electron chi connectivity index (χ3n) is 0.824.